The quantitative estimate of drug-likeness (QED) is 0.174. The summed E-state index contributed by atoms with van der Waals surface area (Å²) in [5.41, 5.74) is 15.8. The number of allylic oxidation sites excluding steroid dienone is 7. The Labute approximate surface area is 353 Å². The van der Waals surface area contributed by atoms with E-state index in [1.54, 1.807) is 0 Å². The lowest BCUT2D eigenvalue weighted by atomic mass is 9.65. The summed E-state index contributed by atoms with van der Waals surface area (Å²) < 4.78 is 0. The van der Waals surface area contributed by atoms with Crippen LogP contribution in [0.15, 0.2) is 198 Å². The Hall–Kier alpha value is -6.95. The summed E-state index contributed by atoms with van der Waals surface area (Å²) in [4.78, 5) is 22.5. The molecule has 4 nitrogen and oxygen atoms in total. The minimum atomic E-state index is -0.448. The van der Waals surface area contributed by atoms with Crippen LogP contribution >= 0.6 is 11.8 Å². The number of hydrogen-bond donors (Lipinski definition) is 0. The summed E-state index contributed by atoms with van der Waals surface area (Å²) in [5, 5.41) is 2.36. The number of aromatic nitrogens is 4. The van der Waals surface area contributed by atoms with Gasteiger partial charge < -0.3 is 0 Å². The Kier molecular flexibility index (Phi) is 8.24. The summed E-state index contributed by atoms with van der Waals surface area (Å²) in [7, 11) is 0. The van der Waals surface area contributed by atoms with Gasteiger partial charge in [-0.15, -0.1) is 0 Å². The molecule has 3 aliphatic carbocycles. The van der Waals surface area contributed by atoms with Crippen LogP contribution in [0, 0.1) is 0 Å². The van der Waals surface area contributed by atoms with E-state index in [9.17, 15) is 0 Å². The van der Waals surface area contributed by atoms with Crippen LogP contribution in [0.2, 0.25) is 0 Å². The minimum Gasteiger partial charge on any atom is -0.264 e. The van der Waals surface area contributed by atoms with E-state index in [0.29, 0.717) is 11.6 Å². The van der Waals surface area contributed by atoms with Gasteiger partial charge in [-0.1, -0.05) is 170 Å². The molecule has 1 aliphatic heterocycles. The smallest absolute Gasteiger partial charge is 0.164 e. The number of pyridine rings is 1. The molecule has 60 heavy (non-hydrogen) atoms. The lowest BCUT2D eigenvalue weighted by molar-refractivity contribution is 0.724. The van der Waals surface area contributed by atoms with Crippen molar-refractivity contribution in [2.24, 2.45) is 0 Å². The van der Waals surface area contributed by atoms with Crippen LogP contribution in [-0.2, 0) is 5.41 Å². The molecular weight excluding hydrogens is 749 g/mol. The zero-order valence-corrected chi connectivity index (χ0v) is 33.7. The summed E-state index contributed by atoms with van der Waals surface area (Å²) in [6.07, 6.45) is 17.3. The molecule has 0 N–H and O–H groups in total. The van der Waals surface area contributed by atoms with Gasteiger partial charge in [0.05, 0.1) is 5.41 Å². The molecule has 6 aromatic carbocycles. The number of hydrogen-bond acceptors (Lipinski definition) is 5. The van der Waals surface area contributed by atoms with E-state index in [4.69, 9.17) is 15.0 Å². The van der Waals surface area contributed by atoms with Gasteiger partial charge in [-0.05, 0) is 104 Å². The van der Waals surface area contributed by atoms with Crippen molar-refractivity contribution in [3.8, 4) is 45.0 Å². The highest BCUT2D eigenvalue weighted by atomic mass is 32.2. The lowest BCUT2D eigenvalue weighted by Gasteiger charge is -2.42. The van der Waals surface area contributed by atoms with Crippen LogP contribution in [-0.4, -0.2) is 19.9 Å². The first-order valence-corrected chi connectivity index (χ1v) is 21.6. The van der Waals surface area contributed by atoms with Gasteiger partial charge in [-0.25, -0.2) is 15.0 Å². The van der Waals surface area contributed by atoms with Crippen molar-refractivity contribution in [1.82, 2.24) is 19.9 Å². The minimum absolute atomic E-state index is 0.448. The topological polar surface area (TPSA) is 51.6 Å². The molecule has 1 unspecified atom stereocenters. The van der Waals surface area contributed by atoms with Gasteiger partial charge in [0.15, 0.2) is 17.5 Å². The molecule has 0 radical (unpaired) electrons. The van der Waals surface area contributed by atoms with E-state index in [-0.39, 0.29) is 0 Å². The lowest BCUT2D eigenvalue weighted by Crippen LogP contribution is -2.33. The Balaban J connectivity index is 1.08. The molecule has 284 valence electrons. The molecule has 1 atom stereocenters. The van der Waals surface area contributed by atoms with Gasteiger partial charge in [0, 0.05) is 38.7 Å². The maximum absolute atomic E-state index is 5.09. The van der Waals surface area contributed by atoms with E-state index in [2.05, 4.69) is 138 Å². The standard InChI is InChI=1S/C55H38N4S/c1-3-14-37(15-4-1)52-57-53(38-16-5-2-6-17-38)59-54(58-52)39-30-28-36(29-31-39)40-19-12-24-46-50(40)51-42(41-20-11-18-35-32-33-56-34-43(35)41)21-13-25-47(51)55(46)44-22-7-9-26-48(44)60-49-27-10-8-23-45(49)55/h1-7,9,11-28,30,32-34H,8,10,29,31H2. The van der Waals surface area contributed by atoms with Gasteiger partial charge in [-0.3, -0.25) is 4.98 Å². The molecule has 4 aliphatic rings. The third kappa shape index (κ3) is 5.39. The molecule has 1 spiro atoms. The average molecular weight is 787 g/mol. The normalized spacial score (nSPS) is 17.5. The molecule has 2 aromatic heterocycles. The highest BCUT2D eigenvalue weighted by molar-refractivity contribution is 8.03. The first-order chi connectivity index (χ1) is 29.8. The Bertz CT molecular complexity index is 3120. The second-order valence-electron chi connectivity index (χ2n) is 15.9. The van der Waals surface area contributed by atoms with Crippen molar-refractivity contribution in [2.45, 2.75) is 36.0 Å². The van der Waals surface area contributed by atoms with Crippen molar-refractivity contribution in [3.05, 3.63) is 221 Å². The third-order valence-electron chi connectivity index (χ3n) is 12.7. The highest BCUT2D eigenvalue weighted by Crippen LogP contribution is 2.66. The van der Waals surface area contributed by atoms with Crippen molar-refractivity contribution < 1.29 is 0 Å². The van der Waals surface area contributed by atoms with Crippen LogP contribution in [0.25, 0.3) is 66.9 Å². The number of rotatable bonds is 5. The van der Waals surface area contributed by atoms with E-state index in [1.807, 2.05) is 60.6 Å². The number of fused-ring (bicyclic) bond motifs is 10. The van der Waals surface area contributed by atoms with Crippen LogP contribution < -0.4 is 0 Å². The molecule has 12 rings (SSSR count). The maximum Gasteiger partial charge on any atom is 0.164 e. The van der Waals surface area contributed by atoms with E-state index < -0.39 is 5.41 Å². The maximum atomic E-state index is 5.09. The molecule has 0 bridgehead atoms. The fourth-order valence-electron chi connectivity index (χ4n) is 10.1. The monoisotopic (exact) mass is 786 g/mol. The van der Waals surface area contributed by atoms with E-state index in [0.717, 1.165) is 53.6 Å². The van der Waals surface area contributed by atoms with Crippen LogP contribution in [0.3, 0.4) is 0 Å². The van der Waals surface area contributed by atoms with Gasteiger partial charge in [0.1, 0.15) is 0 Å². The van der Waals surface area contributed by atoms with Crippen molar-refractivity contribution in [2.75, 3.05) is 0 Å². The molecule has 0 saturated carbocycles. The van der Waals surface area contributed by atoms with Crippen LogP contribution in [0.1, 0.15) is 53.8 Å². The van der Waals surface area contributed by atoms with E-state index in [1.165, 1.54) is 70.8 Å². The fraction of sp³-hybridized carbons (Fsp3) is 0.0909. The summed E-state index contributed by atoms with van der Waals surface area (Å²) in [5.74, 6) is 2.10. The van der Waals surface area contributed by atoms with Crippen molar-refractivity contribution >= 4 is 33.7 Å². The predicted octanol–water partition coefficient (Wildman–Crippen LogP) is 13.7. The Morgan fingerprint density at radius 2 is 1.08 bits per heavy atom. The van der Waals surface area contributed by atoms with Crippen molar-refractivity contribution in [1.29, 1.82) is 0 Å². The summed E-state index contributed by atoms with van der Waals surface area (Å²) >= 11 is 1.93. The zero-order valence-electron chi connectivity index (χ0n) is 32.8. The molecule has 0 fully saturated rings. The van der Waals surface area contributed by atoms with Gasteiger partial charge in [-0.2, -0.15) is 0 Å². The van der Waals surface area contributed by atoms with Crippen molar-refractivity contribution in [3.63, 3.8) is 0 Å². The number of thioether (sulfide) groups is 1. The molecule has 5 heteroatoms. The molecule has 0 amide bonds. The largest absolute Gasteiger partial charge is 0.264 e. The molecule has 3 heterocycles. The van der Waals surface area contributed by atoms with Crippen LogP contribution in [0.5, 0.6) is 0 Å². The SMILES string of the molecule is C1=C2Sc3ccccc3C3(C2=CCC1)c1cccc(C2=CC=C(c4nc(-c5ccccc5)nc(-c5ccccc5)n4)CC2)c1-c1c(-c2cccc4ccncc24)cccc13. The molecular formula is C55H38N4S. The molecule has 8 aromatic rings. The zero-order chi connectivity index (χ0) is 39.6. The molecule has 0 saturated heterocycles. The van der Waals surface area contributed by atoms with Gasteiger partial charge in [0.2, 0.25) is 0 Å². The van der Waals surface area contributed by atoms with Gasteiger partial charge in [0.25, 0.3) is 0 Å². The van der Waals surface area contributed by atoms with E-state index >= 15 is 0 Å². The number of nitrogens with zero attached hydrogens (tertiary/aromatic N) is 4. The second-order valence-corrected chi connectivity index (χ2v) is 17.0. The number of benzene rings is 6. The Morgan fingerprint density at radius 1 is 0.483 bits per heavy atom. The Morgan fingerprint density at radius 3 is 1.83 bits per heavy atom. The average Bonchev–Trinajstić information content (AvgIpc) is 3.63. The summed E-state index contributed by atoms with van der Waals surface area (Å²) in [6, 6.07) is 52.4. The highest BCUT2D eigenvalue weighted by Gasteiger charge is 2.53. The first kappa shape index (κ1) is 35.0. The summed E-state index contributed by atoms with van der Waals surface area (Å²) in [6.45, 7) is 0. The third-order valence-corrected chi connectivity index (χ3v) is 13.9. The second kappa shape index (κ2) is 14.1. The predicted molar refractivity (Wildman–Crippen MR) is 246 cm³/mol. The van der Waals surface area contributed by atoms with Gasteiger partial charge >= 0.3 is 0 Å². The van der Waals surface area contributed by atoms with Crippen LogP contribution in [0.4, 0.5) is 0 Å². The first-order valence-electron chi connectivity index (χ1n) is 20.8. The fourth-order valence-corrected chi connectivity index (χ4v) is 11.3.